The van der Waals surface area contributed by atoms with Crippen LogP contribution in [0.4, 0.5) is 8.78 Å². The molecule has 0 radical (unpaired) electrons. The van der Waals surface area contributed by atoms with Gasteiger partial charge in [0.2, 0.25) is 5.91 Å². The van der Waals surface area contributed by atoms with Gasteiger partial charge in [-0.05, 0) is 26.0 Å². The van der Waals surface area contributed by atoms with Gasteiger partial charge >= 0.3 is 6.61 Å². The van der Waals surface area contributed by atoms with Crippen LogP contribution in [0.2, 0.25) is 0 Å². The number of carbonyl (C=O) groups excluding carboxylic acids is 1. The second-order valence-corrected chi connectivity index (χ2v) is 6.83. The maximum Gasteiger partial charge on any atom is 0.387 e. The van der Waals surface area contributed by atoms with Gasteiger partial charge < -0.3 is 10.1 Å². The zero-order valence-corrected chi connectivity index (χ0v) is 15.0. The van der Waals surface area contributed by atoms with E-state index in [-0.39, 0.29) is 18.2 Å². The summed E-state index contributed by atoms with van der Waals surface area (Å²) in [5.74, 6) is -0.285. The highest BCUT2D eigenvalue weighted by Gasteiger charge is 2.11. The molecule has 1 aromatic carbocycles. The van der Waals surface area contributed by atoms with E-state index in [2.05, 4.69) is 15.0 Å². The predicted octanol–water partition coefficient (Wildman–Crippen LogP) is 3.94. The van der Waals surface area contributed by atoms with Crippen LogP contribution in [0.5, 0.6) is 5.75 Å². The fourth-order valence-electron chi connectivity index (χ4n) is 2.54. The Morgan fingerprint density at radius 3 is 2.92 bits per heavy atom. The number of fused-ring (bicyclic) bond motifs is 1. The smallest absolute Gasteiger partial charge is 0.387 e. The Balaban J connectivity index is 1.67. The van der Waals surface area contributed by atoms with Crippen molar-refractivity contribution in [3.8, 4) is 5.75 Å². The number of thiazole rings is 1. The van der Waals surface area contributed by atoms with Gasteiger partial charge in [-0.2, -0.15) is 8.78 Å². The molecule has 0 unspecified atom stereocenters. The van der Waals surface area contributed by atoms with Crippen LogP contribution in [0, 0.1) is 13.8 Å². The molecule has 1 amide bonds. The Labute approximate surface area is 152 Å². The van der Waals surface area contributed by atoms with E-state index in [1.54, 1.807) is 35.6 Å². The van der Waals surface area contributed by atoms with Gasteiger partial charge in [0.1, 0.15) is 5.75 Å². The van der Waals surface area contributed by atoms with Crippen molar-refractivity contribution in [3.63, 3.8) is 0 Å². The summed E-state index contributed by atoms with van der Waals surface area (Å²) in [6, 6.07) is 6.36. The van der Waals surface area contributed by atoms with Crippen LogP contribution < -0.4 is 10.1 Å². The number of nitrogens with one attached hydrogen (secondary N) is 1. The molecule has 0 aliphatic heterocycles. The van der Waals surface area contributed by atoms with Gasteiger partial charge in [-0.3, -0.25) is 9.20 Å². The zero-order chi connectivity index (χ0) is 18.7. The summed E-state index contributed by atoms with van der Waals surface area (Å²) in [6.45, 7) is 1.05. The minimum atomic E-state index is -2.91. The van der Waals surface area contributed by atoms with Crippen LogP contribution in [-0.4, -0.2) is 21.9 Å². The normalized spacial score (nSPS) is 11.6. The number of hydrogen-bond donors (Lipinski definition) is 1. The minimum absolute atomic E-state index is 0.0499. The van der Waals surface area contributed by atoms with Crippen molar-refractivity contribution in [1.82, 2.24) is 14.7 Å². The number of halogens is 2. The second kappa shape index (κ2) is 7.65. The first-order chi connectivity index (χ1) is 12.4. The number of rotatable bonds is 6. The number of alkyl halides is 2. The first-order valence-electron chi connectivity index (χ1n) is 7.88. The van der Waals surface area contributed by atoms with E-state index in [9.17, 15) is 13.6 Å². The van der Waals surface area contributed by atoms with Crippen LogP contribution in [-0.2, 0) is 11.3 Å². The molecule has 0 aliphatic rings. The molecule has 26 heavy (non-hydrogen) atoms. The van der Waals surface area contributed by atoms with Crippen molar-refractivity contribution < 1.29 is 18.3 Å². The van der Waals surface area contributed by atoms with E-state index in [0.717, 1.165) is 21.2 Å². The molecule has 0 bridgehead atoms. The predicted molar refractivity (Wildman–Crippen MR) is 96.5 cm³/mol. The first-order valence-corrected chi connectivity index (χ1v) is 8.69. The third kappa shape index (κ3) is 4.08. The van der Waals surface area contributed by atoms with Gasteiger partial charge in [-0.15, -0.1) is 11.3 Å². The largest absolute Gasteiger partial charge is 0.434 e. The van der Waals surface area contributed by atoms with E-state index in [1.165, 1.54) is 12.1 Å². The third-order valence-electron chi connectivity index (χ3n) is 3.70. The van der Waals surface area contributed by atoms with Gasteiger partial charge in [0, 0.05) is 29.3 Å². The van der Waals surface area contributed by atoms with E-state index < -0.39 is 6.61 Å². The molecule has 136 valence electrons. The number of hydrogen-bond acceptors (Lipinski definition) is 4. The minimum Gasteiger partial charge on any atom is -0.434 e. The lowest BCUT2D eigenvalue weighted by atomic mass is 10.2. The average molecular weight is 377 g/mol. The van der Waals surface area contributed by atoms with Gasteiger partial charge in [-0.25, -0.2) is 4.98 Å². The van der Waals surface area contributed by atoms with Gasteiger partial charge in [0.25, 0.3) is 0 Å². The second-order valence-electron chi connectivity index (χ2n) is 5.61. The first kappa shape index (κ1) is 18.1. The summed E-state index contributed by atoms with van der Waals surface area (Å²) in [6.07, 6.45) is 5.06. The van der Waals surface area contributed by atoms with Crippen LogP contribution >= 0.6 is 11.3 Å². The number of carbonyl (C=O) groups is 1. The highest BCUT2D eigenvalue weighted by molar-refractivity contribution is 7.17. The molecule has 2 aromatic heterocycles. The molecule has 0 saturated carbocycles. The van der Waals surface area contributed by atoms with Crippen LogP contribution in [0.25, 0.3) is 11.0 Å². The summed E-state index contributed by atoms with van der Waals surface area (Å²) < 4.78 is 31.2. The lowest BCUT2D eigenvalue weighted by Crippen LogP contribution is -2.21. The SMILES string of the molecule is Cc1cn2c(/C=C/C(=O)NCc3ccccc3OC(F)F)c(C)nc2s1. The summed E-state index contributed by atoms with van der Waals surface area (Å²) in [5.41, 5.74) is 2.14. The van der Waals surface area contributed by atoms with Crippen molar-refractivity contribution in [2.24, 2.45) is 0 Å². The summed E-state index contributed by atoms with van der Waals surface area (Å²) >= 11 is 1.58. The summed E-state index contributed by atoms with van der Waals surface area (Å²) in [5, 5.41) is 2.67. The van der Waals surface area contributed by atoms with Crippen LogP contribution in [0.1, 0.15) is 21.8 Å². The molecule has 0 spiro atoms. The number of para-hydroxylation sites is 1. The number of aromatic nitrogens is 2. The fourth-order valence-corrected chi connectivity index (χ4v) is 3.42. The van der Waals surface area contributed by atoms with Gasteiger partial charge in [0.15, 0.2) is 4.96 Å². The molecule has 3 aromatic rings. The van der Waals surface area contributed by atoms with E-state index >= 15 is 0 Å². The number of amides is 1. The molecule has 1 N–H and O–H groups in total. The van der Waals surface area contributed by atoms with Crippen molar-refractivity contribution in [2.45, 2.75) is 27.0 Å². The van der Waals surface area contributed by atoms with E-state index in [0.29, 0.717) is 5.56 Å². The molecule has 8 heteroatoms. The Kier molecular flexibility index (Phi) is 5.32. The average Bonchev–Trinajstić information content (AvgIpc) is 3.06. The molecule has 3 rings (SSSR count). The Bertz CT molecular complexity index is 963. The van der Waals surface area contributed by atoms with Crippen molar-refractivity contribution in [2.75, 3.05) is 0 Å². The standard InChI is InChI=1S/C18H17F2N3O2S/c1-11-10-23-14(12(2)22-18(23)26-11)7-8-16(24)21-9-13-5-3-4-6-15(13)25-17(19)20/h3-8,10,17H,9H2,1-2H3,(H,21,24)/b8-7+. The number of benzene rings is 1. The highest BCUT2D eigenvalue weighted by Crippen LogP contribution is 2.22. The third-order valence-corrected chi connectivity index (χ3v) is 4.60. The van der Waals surface area contributed by atoms with Gasteiger partial charge in [-0.1, -0.05) is 18.2 Å². The lowest BCUT2D eigenvalue weighted by molar-refractivity contribution is -0.116. The quantitative estimate of drug-likeness (QED) is 0.662. The molecule has 0 atom stereocenters. The van der Waals surface area contributed by atoms with Crippen LogP contribution in [0.3, 0.4) is 0 Å². The molecule has 2 heterocycles. The molecule has 0 aliphatic carbocycles. The maximum atomic E-state index is 12.4. The molecular formula is C18H17F2N3O2S. The van der Waals surface area contributed by atoms with E-state index in [4.69, 9.17) is 0 Å². The lowest BCUT2D eigenvalue weighted by Gasteiger charge is -2.10. The van der Waals surface area contributed by atoms with Crippen molar-refractivity contribution >= 4 is 28.3 Å². The number of aryl methyl sites for hydroxylation is 2. The van der Waals surface area contributed by atoms with Crippen molar-refractivity contribution in [1.29, 1.82) is 0 Å². The van der Waals surface area contributed by atoms with Gasteiger partial charge in [0.05, 0.1) is 11.4 Å². The Morgan fingerprint density at radius 1 is 1.38 bits per heavy atom. The topological polar surface area (TPSA) is 55.6 Å². The summed E-state index contributed by atoms with van der Waals surface area (Å²) in [4.78, 5) is 18.5. The van der Waals surface area contributed by atoms with Crippen LogP contribution in [0.15, 0.2) is 36.5 Å². The number of nitrogens with zero attached hydrogens (tertiary/aromatic N) is 2. The van der Waals surface area contributed by atoms with E-state index in [1.807, 2.05) is 24.4 Å². The highest BCUT2D eigenvalue weighted by atomic mass is 32.1. The molecule has 5 nitrogen and oxygen atoms in total. The Morgan fingerprint density at radius 2 is 2.15 bits per heavy atom. The summed E-state index contributed by atoms with van der Waals surface area (Å²) in [7, 11) is 0. The fraction of sp³-hybridized carbons (Fsp3) is 0.222. The Hall–Kier alpha value is -2.74. The zero-order valence-electron chi connectivity index (χ0n) is 14.2. The van der Waals surface area contributed by atoms with Crippen molar-refractivity contribution in [3.05, 3.63) is 58.4 Å². The number of imidazole rings is 1. The monoisotopic (exact) mass is 377 g/mol. The molecule has 0 fully saturated rings. The maximum absolute atomic E-state index is 12.4. The molecular weight excluding hydrogens is 360 g/mol. The number of ether oxygens (including phenoxy) is 1. The molecule has 0 saturated heterocycles.